The Hall–Kier alpha value is -3.01. The van der Waals surface area contributed by atoms with Gasteiger partial charge in [0.05, 0.1) is 6.61 Å². The second-order valence-electron chi connectivity index (χ2n) is 10.1. The van der Waals surface area contributed by atoms with Gasteiger partial charge in [0, 0.05) is 17.2 Å². The Morgan fingerprint density at radius 1 is 0.838 bits per heavy atom. The summed E-state index contributed by atoms with van der Waals surface area (Å²) >= 11 is 0. The normalized spacial score (nSPS) is 17.9. The van der Waals surface area contributed by atoms with Crippen LogP contribution in [-0.2, 0) is 6.42 Å². The molecule has 0 heterocycles. The molecule has 37 heavy (non-hydrogen) atoms. The maximum absolute atomic E-state index is 15.0. The van der Waals surface area contributed by atoms with Gasteiger partial charge < -0.3 is 4.74 Å². The molecule has 1 nitrogen and oxygen atoms in total. The first kappa shape index (κ1) is 27.0. The highest BCUT2D eigenvalue weighted by Crippen LogP contribution is 2.38. The van der Waals surface area contributed by atoms with E-state index in [4.69, 9.17) is 4.74 Å². The minimum Gasteiger partial charge on any atom is -0.494 e. The lowest BCUT2D eigenvalue weighted by Crippen LogP contribution is -2.13. The summed E-state index contributed by atoms with van der Waals surface area (Å²) in [4.78, 5) is 0. The smallest absolute Gasteiger partial charge is 0.167 e. The quantitative estimate of drug-likeness (QED) is 0.249. The molecule has 0 unspecified atom stereocenters. The third-order valence-corrected chi connectivity index (χ3v) is 7.49. The molecule has 0 bridgehead atoms. The van der Waals surface area contributed by atoms with E-state index in [0.717, 1.165) is 44.1 Å². The van der Waals surface area contributed by atoms with Crippen LogP contribution in [0.4, 0.5) is 13.2 Å². The van der Waals surface area contributed by atoms with E-state index in [1.54, 1.807) is 18.2 Å². The van der Waals surface area contributed by atoms with Crippen molar-refractivity contribution >= 4 is 6.08 Å². The van der Waals surface area contributed by atoms with Gasteiger partial charge in [-0.05, 0) is 80.0 Å². The number of hydrogen-bond acceptors (Lipinski definition) is 1. The summed E-state index contributed by atoms with van der Waals surface area (Å²) in [7, 11) is 0. The number of ether oxygens (including phenoxy) is 1. The van der Waals surface area contributed by atoms with E-state index in [-0.39, 0.29) is 28.8 Å². The molecular formula is C33H37F3O. The van der Waals surface area contributed by atoms with Crippen LogP contribution in [0.2, 0.25) is 0 Å². The van der Waals surface area contributed by atoms with Crippen LogP contribution >= 0.6 is 0 Å². The predicted molar refractivity (Wildman–Crippen MR) is 146 cm³/mol. The fourth-order valence-electron chi connectivity index (χ4n) is 5.30. The monoisotopic (exact) mass is 506 g/mol. The van der Waals surface area contributed by atoms with Crippen molar-refractivity contribution in [1.29, 1.82) is 0 Å². The van der Waals surface area contributed by atoms with Crippen molar-refractivity contribution in [3.05, 3.63) is 94.8 Å². The molecule has 1 fully saturated rings. The zero-order valence-electron chi connectivity index (χ0n) is 21.9. The van der Waals surface area contributed by atoms with E-state index in [0.29, 0.717) is 17.9 Å². The van der Waals surface area contributed by atoms with Crippen molar-refractivity contribution in [1.82, 2.24) is 0 Å². The Kier molecular flexibility index (Phi) is 9.49. The van der Waals surface area contributed by atoms with E-state index < -0.39 is 11.6 Å². The summed E-state index contributed by atoms with van der Waals surface area (Å²) in [6.45, 7) is 4.56. The molecule has 4 heteroatoms. The number of allylic oxidation sites excluding steroid dienone is 1. The fraction of sp³-hybridized carbons (Fsp3) is 0.394. The minimum absolute atomic E-state index is 0.173. The van der Waals surface area contributed by atoms with Crippen molar-refractivity contribution in [2.24, 2.45) is 5.92 Å². The summed E-state index contributed by atoms with van der Waals surface area (Å²) in [6, 6.07) is 16.2. The van der Waals surface area contributed by atoms with Crippen LogP contribution in [0, 0.1) is 23.4 Å². The molecular weight excluding hydrogens is 469 g/mol. The van der Waals surface area contributed by atoms with Gasteiger partial charge >= 0.3 is 0 Å². The molecule has 0 N–H and O–H groups in total. The van der Waals surface area contributed by atoms with Gasteiger partial charge in [-0.2, -0.15) is 0 Å². The van der Waals surface area contributed by atoms with E-state index in [1.807, 2.05) is 49.4 Å². The number of halogens is 3. The summed E-state index contributed by atoms with van der Waals surface area (Å²) in [5.74, 6) is -0.841. The number of rotatable bonds is 10. The second-order valence-corrected chi connectivity index (χ2v) is 10.1. The lowest BCUT2D eigenvalue weighted by atomic mass is 9.78. The lowest BCUT2D eigenvalue weighted by molar-refractivity contribution is 0.336. The average Bonchev–Trinajstić information content (AvgIpc) is 2.91. The molecule has 1 aliphatic carbocycles. The van der Waals surface area contributed by atoms with E-state index in [1.165, 1.54) is 24.5 Å². The van der Waals surface area contributed by atoms with Crippen molar-refractivity contribution in [3.8, 4) is 16.9 Å². The molecule has 0 amide bonds. The molecule has 1 saturated carbocycles. The van der Waals surface area contributed by atoms with Gasteiger partial charge in [-0.3, -0.25) is 0 Å². The SMILES string of the molecule is CCCCCc1ccc(-c2ccc(C=CC3CCC(c4ccc(OCC)cc4F)CC3)c(F)c2F)cc1. The molecule has 3 aromatic rings. The molecule has 0 spiro atoms. The summed E-state index contributed by atoms with van der Waals surface area (Å²) in [6.07, 6.45) is 11.7. The number of hydrogen-bond donors (Lipinski definition) is 0. The minimum atomic E-state index is -0.814. The molecule has 196 valence electrons. The Balaban J connectivity index is 1.37. The number of unbranched alkanes of at least 4 members (excludes halogenated alkanes) is 2. The molecule has 0 atom stereocenters. The van der Waals surface area contributed by atoms with Crippen molar-refractivity contribution in [2.45, 2.75) is 71.1 Å². The standard InChI is InChI=1S/C33H37F3O/c1-3-5-6-7-23-8-15-26(16-9-23)30-20-18-27(32(35)33(30)36)17-12-24-10-13-25(14-11-24)29-21-19-28(37-4-2)22-31(29)34/h8-9,12,15-22,24-25H,3-7,10-11,13-14H2,1-2H3. The predicted octanol–water partition coefficient (Wildman–Crippen LogP) is 9.89. The van der Waals surface area contributed by atoms with Crippen LogP contribution in [-0.4, -0.2) is 6.61 Å². The Labute approximate surface area is 219 Å². The maximum Gasteiger partial charge on any atom is 0.167 e. The Morgan fingerprint density at radius 3 is 2.27 bits per heavy atom. The fourth-order valence-corrected chi connectivity index (χ4v) is 5.30. The van der Waals surface area contributed by atoms with Crippen LogP contribution in [0.1, 0.15) is 81.4 Å². The summed E-state index contributed by atoms with van der Waals surface area (Å²) < 4.78 is 49.8. The van der Waals surface area contributed by atoms with Gasteiger partial charge in [-0.15, -0.1) is 0 Å². The summed E-state index contributed by atoms with van der Waals surface area (Å²) in [5.41, 5.74) is 3.19. The van der Waals surface area contributed by atoms with Crippen LogP contribution in [0.5, 0.6) is 5.75 Å². The number of benzene rings is 3. The van der Waals surface area contributed by atoms with Gasteiger partial charge in [-0.1, -0.05) is 74.4 Å². The van der Waals surface area contributed by atoms with Crippen LogP contribution in [0.15, 0.2) is 60.7 Å². The lowest BCUT2D eigenvalue weighted by Gasteiger charge is -2.27. The van der Waals surface area contributed by atoms with E-state index in [9.17, 15) is 13.2 Å². The second kappa shape index (κ2) is 13.0. The highest BCUT2D eigenvalue weighted by Gasteiger charge is 2.23. The largest absolute Gasteiger partial charge is 0.494 e. The van der Waals surface area contributed by atoms with Gasteiger partial charge in [0.2, 0.25) is 0 Å². The highest BCUT2D eigenvalue weighted by atomic mass is 19.2. The topological polar surface area (TPSA) is 9.23 Å². The maximum atomic E-state index is 15.0. The average molecular weight is 507 g/mol. The molecule has 4 rings (SSSR count). The first-order chi connectivity index (χ1) is 18.0. The Bertz CT molecular complexity index is 1190. The molecule has 0 radical (unpaired) electrons. The Morgan fingerprint density at radius 2 is 1.59 bits per heavy atom. The van der Waals surface area contributed by atoms with E-state index in [2.05, 4.69) is 6.92 Å². The van der Waals surface area contributed by atoms with Gasteiger partial charge in [-0.25, -0.2) is 13.2 Å². The third-order valence-electron chi connectivity index (χ3n) is 7.49. The van der Waals surface area contributed by atoms with Crippen molar-refractivity contribution < 1.29 is 17.9 Å². The first-order valence-corrected chi connectivity index (χ1v) is 13.7. The summed E-state index contributed by atoms with van der Waals surface area (Å²) in [5, 5.41) is 0. The van der Waals surface area contributed by atoms with Crippen molar-refractivity contribution in [2.75, 3.05) is 6.61 Å². The van der Waals surface area contributed by atoms with E-state index >= 15 is 0 Å². The molecule has 0 aromatic heterocycles. The molecule has 1 aliphatic rings. The highest BCUT2D eigenvalue weighted by molar-refractivity contribution is 5.67. The third kappa shape index (κ3) is 6.85. The van der Waals surface area contributed by atoms with Gasteiger partial charge in [0.1, 0.15) is 11.6 Å². The molecule has 0 saturated heterocycles. The van der Waals surface area contributed by atoms with Gasteiger partial charge in [0.25, 0.3) is 0 Å². The zero-order chi connectivity index (χ0) is 26.2. The van der Waals surface area contributed by atoms with Crippen LogP contribution < -0.4 is 4.74 Å². The van der Waals surface area contributed by atoms with Crippen LogP contribution in [0.3, 0.4) is 0 Å². The molecule has 3 aromatic carbocycles. The van der Waals surface area contributed by atoms with Crippen LogP contribution in [0.25, 0.3) is 17.2 Å². The first-order valence-electron chi connectivity index (χ1n) is 13.7. The van der Waals surface area contributed by atoms with Crippen molar-refractivity contribution in [3.63, 3.8) is 0 Å². The van der Waals surface area contributed by atoms with Gasteiger partial charge in [0.15, 0.2) is 11.6 Å². The number of aryl methyl sites for hydroxylation is 1. The molecule has 0 aliphatic heterocycles. The zero-order valence-corrected chi connectivity index (χ0v) is 21.9.